The molecule has 7 nitrogen and oxygen atoms in total. The number of para-hydroxylation sites is 1. The first-order valence-corrected chi connectivity index (χ1v) is 10.6. The van der Waals surface area contributed by atoms with Gasteiger partial charge < -0.3 is 9.47 Å². The van der Waals surface area contributed by atoms with Gasteiger partial charge in [-0.2, -0.15) is 5.10 Å². The standard InChI is InChI=1S/C24H25N5O2/c1-26-24(31)23-20(15-25-26)19-9-5-6-10-21(19)29(23)17-22(30)28-13-11-27(12-14-28)16-18-7-3-2-4-8-18/h2-10,15H,11-14,16-17H2,1H3. The van der Waals surface area contributed by atoms with Crippen molar-refractivity contribution in [1.82, 2.24) is 24.1 Å². The molecule has 1 aliphatic heterocycles. The summed E-state index contributed by atoms with van der Waals surface area (Å²) in [4.78, 5) is 30.3. The molecule has 1 fully saturated rings. The highest BCUT2D eigenvalue weighted by Gasteiger charge is 2.23. The number of carbonyl (C=O) groups excluding carboxylic acids is 1. The number of aryl methyl sites for hydroxylation is 1. The van der Waals surface area contributed by atoms with Gasteiger partial charge in [-0.25, -0.2) is 4.68 Å². The van der Waals surface area contributed by atoms with Gasteiger partial charge in [0.2, 0.25) is 5.91 Å². The van der Waals surface area contributed by atoms with Gasteiger partial charge in [0.05, 0.1) is 6.20 Å². The molecule has 0 spiro atoms. The van der Waals surface area contributed by atoms with Crippen LogP contribution in [0.5, 0.6) is 0 Å². The minimum atomic E-state index is -0.186. The summed E-state index contributed by atoms with van der Waals surface area (Å²) in [6.45, 7) is 4.14. The van der Waals surface area contributed by atoms with Gasteiger partial charge in [0.1, 0.15) is 12.1 Å². The van der Waals surface area contributed by atoms with Crippen LogP contribution in [0.15, 0.2) is 65.6 Å². The summed E-state index contributed by atoms with van der Waals surface area (Å²) in [5, 5.41) is 5.91. The second-order valence-electron chi connectivity index (χ2n) is 8.08. The third-order valence-electron chi connectivity index (χ3n) is 6.13. The summed E-state index contributed by atoms with van der Waals surface area (Å²) in [6.07, 6.45) is 1.71. The van der Waals surface area contributed by atoms with E-state index >= 15 is 0 Å². The Labute approximate surface area is 180 Å². The summed E-state index contributed by atoms with van der Waals surface area (Å²) >= 11 is 0. The molecule has 0 aliphatic carbocycles. The van der Waals surface area contributed by atoms with Crippen LogP contribution < -0.4 is 5.56 Å². The Bertz CT molecular complexity index is 1300. The van der Waals surface area contributed by atoms with E-state index in [0.29, 0.717) is 18.6 Å². The van der Waals surface area contributed by atoms with Crippen molar-refractivity contribution in [2.24, 2.45) is 7.05 Å². The van der Waals surface area contributed by atoms with E-state index in [4.69, 9.17) is 0 Å². The second kappa shape index (κ2) is 8.00. The van der Waals surface area contributed by atoms with Crippen LogP contribution in [-0.2, 0) is 24.9 Å². The van der Waals surface area contributed by atoms with Crippen molar-refractivity contribution >= 4 is 27.7 Å². The number of amides is 1. The molecule has 0 radical (unpaired) electrons. The average molecular weight is 415 g/mol. The fourth-order valence-corrected chi connectivity index (χ4v) is 4.44. The zero-order valence-electron chi connectivity index (χ0n) is 17.6. The topological polar surface area (TPSA) is 63.4 Å². The molecule has 1 saturated heterocycles. The van der Waals surface area contributed by atoms with Crippen LogP contribution in [0.3, 0.4) is 0 Å². The molecule has 2 aromatic carbocycles. The lowest BCUT2D eigenvalue weighted by molar-refractivity contribution is -0.133. The van der Waals surface area contributed by atoms with E-state index in [2.05, 4.69) is 34.3 Å². The first-order chi connectivity index (χ1) is 15.1. The third kappa shape index (κ3) is 3.61. The molecule has 4 aromatic rings. The lowest BCUT2D eigenvalue weighted by Crippen LogP contribution is -2.49. The molecule has 0 saturated carbocycles. The molecule has 1 amide bonds. The Balaban J connectivity index is 1.36. The SMILES string of the molecule is Cn1ncc2c3ccccc3n(CC(=O)N3CCN(Cc4ccccc4)CC3)c2c1=O. The Morgan fingerprint density at radius 2 is 1.65 bits per heavy atom. The highest BCUT2D eigenvalue weighted by Crippen LogP contribution is 2.26. The molecule has 0 bridgehead atoms. The lowest BCUT2D eigenvalue weighted by atomic mass is 10.2. The van der Waals surface area contributed by atoms with Crippen LogP contribution in [0.1, 0.15) is 5.56 Å². The fraction of sp³-hybridized carbons (Fsp3) is 0.292. The van der Waals surface area contributed by atoms with Gasteiger partial charge in [-0.15, -0.1) is 0 Å². The summed E-state index contributed by atoms with van der Waals surface area (Å²) in [7, 11) is 1.64. The lowest BCUT2D eigenvalue weighted by Gasteiger charge is -2.35. The number of nitrogens with zero attached hydrogens (tertiary/aromatic N) is 5. The molecule has 31 heavy (non-hydrogen) atoms. The number of carbonyl (C=O) groups is 1. The Hall–Kier alpha value is -3.45. The van der Waals surface area contributed by atoms with Crippen molar-refractivity contribution < 1.29 is 4.79 Å². The third-order valence-corrected chi connectivity index (χ3v) is 6.13. The molecule has 1 aliphatic rings. The highest BCUT2D eigenvalue weighted by atomic mass is 16.2. The molecule has 5 rings (SSSR count). The highest BCUT2D eigenvalue weighted by molar-refractivity contribution is 6.07. The molecule has 2 aromatic heterocycles. The van der Waals surface area contributed by atoms with E-state index in [1.807, 2.05) is 39.8 Å². The van der Waals surface area contributed by atoms with Crippen LogP contribution in [0.2, 0.25) is 0 Å². The Kier molecular flexibility index (Phi) is 5.03. The van der Waals surface area contributed by atoms with Crippen LogP contribution in [0.25, 0.3) is 21.8 Å². The van der Waals surface area contributed by atoms with E-state index in [1.165, 1.54) is 10.2 Å². The first kappa shape index (κ1) is 19.5. The van der Waals surface area contributed by atoms with Gasteiger partial charge in [-0.05, 0) is 11.6 Å². The van der Waals surface area contributed by atoms with Crippen LogP contribution in [0.4, 0.5) is 0 Å². The van der Waals surface area contributed by atoms with Gasteiger partial charge in [0.25, 0.3) is 5.56 Å². The van der Waals surface area contributed by atoms with Crippen molar-refractivity contribution in [2.45, 2.75) is 13.1 Å². The smallest absolute Gasteiger partial charge is 0.291 e. The maximum absolute atomic E-state index is 13.2. The summed E-state index contributed by atoms with van der Waals surface area (Å²) in [5.41, 5.74) is 2.53. The number of hydrogen-bond donors (Lipinski definition) is 0. The molecule has 158 valence electrons. The van der Waals surface area contributed by atoms with Crippen molar-refractivity contribution in [1.29, 1.82) is 0 Å². The monoisotopic (exact) mass is 415 g/mol. The number of benzene rings is 2. The fourth-order valence-electron chi connectivity index (χ4n) is 4.44. The average Bonchev–Trinajstić information content (AvgIpc) is 3.11. The minimum absolute atomic E-state index is 0.0425. The number of aromatic nitrogens is 3. The molecule has 0 unspecified atom stereocenters. The van der Waals surface area contributed by atoms with Gasteiger partial charge in [0, 0.05) is 56.1 Å². The molecule has 7 heteroatoms. The van der Waals surface area contributed by atoms with Crippen molar-refractivity contribution in [3.05, 3.63) is 76.7 Å². The van der Waals surface area contributed by atoms with Crippen LogP contribution in [0, 0.1) is 0 Å². The predicted octanol–water partition coefficient (Wildman–Crippen LogP) is 2.23. The van der Waals surface area contributed by atoms with Crippen LogP contribution in [-0.4, -0.2) is 56.2 Å². The van der Waals surface area contributed by atoms with Gasteiger partial charge in [-0.1, -0.05) is 48.5 Å². The van der Waals surface area contributed by atoms with Gasteiger partial charge in [0.15, 0.2) is 0 Å². The van der Waals surface area contributed by atoms with E-state index in [1.54, 1.807) is 13.2 Å². The summed E-state index contributed by atoms with van der Waals surface area (Å²) < 4.78 is 3.18. The summed E-state index contributed by atoms with van der Waals surface area (Å²) in [6, 6.07) is 18.2. The summed E-state index contributed by atoms with van der Waals surface area (Å²) in [5.74, 6) is 0.0425. The predicted molar refractivity (Wildman–Crippen MR) is 121 cm³/mol. The Morgan fingerprint density at radius 1 is 0.935 bits per heavy atom. The van der Waals surface area contributed by atoms with E-state index in [9.17, 15) is 9.59 Å². The quantitative estimate of drug-likeness (QED) is 0.513. The molecule has 3 heterocycles. The number of rotatable bonds is 4. The van der Waals surface area contributed by atoms with Crippen molar-refractivity contribution in [2.75, 3.05) is 26.2 Å². The number of fused-ring (bicyclic) bond motifs is 3. The molecular weight excluding hydrogens is 390 g/mol. The zero-order valence-corrected chi connectivity index (χ0v) is 17.6. The Morgan fingerprint density at radius 3 is 2.42 bits per heavy atom. The van der Waals surface area contributed by atoms with E-state index in [0.717, 1.165) is 35.9 Å². The maximum atomic E-state index is 13.2. The van der Waals surface area contributed by atoms with E-state index in [-0.39, 0.29) is 18.0 Å². The second-order valence-corrected chi connectivity index (χ2v) is 8.08. The zero-order chi connectivity index (χ0) is 21.4. The first-order valence-electron chi connectivity index (χ1n) is 10.6. The molecular formula is C24H25N5O2. The number of piperazine rings is 1. The number of hydrogen-bond acceptors (Lipinski definition) is 4. The molecule has 0 atom stereocenters. The minimum Gasteiger partial charge on any atom is -0.339 e. The van der Waals surface area contributed by atoms with Gasteiger partial charge >= 0.3 is 0 Å². The normalized spacial score (nSPS) is 15.1. The van der Waals surface area contributed by atoms with Crippen LogP contribution >= 0.6 is 0 Å². The maximum Gasteiger partial charge on any atom is 0.291 e. The van der Waals surface area contributed by atoms with E-state index < -0.39 is 0 Å². The van der Waals surface area contributed by atoms with Gasteiger partial charge in [-0.3, -0.25) is 14.5 Å². The molecule has 0 N–H and O–H groups in total. The van der Waals surface area contributed by atoms with Crippen molar-refractivity contribution in [3.8, 4) is 0 Å². The van der Waals surface area contributed by atoms with Crippen molar-refractivity contribution in [3.63, 3.8) is 0 Å². The largest absolute Gasteiger partial charge is 0.339 e.